The minimum atomic E-state index is -0.551. The Hall–Kier alpha value is -3.41. The quantitative estimate of drug-likeness (QED) is 0.113. The Balaban J connectivity index is 1.42. The van der Waals surface area contributed by atoms with Gasteiger partial charge >= 0.3 is 0 Å². The fourth-order valence-corrected chi connectivity index (χ4v) is 13.8. The van der Waals surface area contributed by atoms with Crippen LogP contribution in [-0.2, 0) is 0 Å². The van der Waals surface area contributed by atoms with Crippen molar-refractivity contribution in [1.82, 2.24) is 0 Å². The van der Waals surface area contributed by atoms with Crippen LogP contribution < -0.4 is 45.5 Å². The van der Waals surface area contributed by atoms with E-state index in [-0.39, 0.29) is 7.92 Å². The van der Waals surface area contributed by atoms with E-state index >= 15 is 0 Å². The minimum Gasteiger partial charge on any atom is -0.497 e. The number of ether oxygens (including phenoxy) is 4. The molecule has 0 aromatic heterocycles. The van der Waals surface area contributed by atoms with E-state index in [2.05, 4.69) is 127 Å². The molecule has 0 heterocycles. The third-order valence-corrected chi connectivity index (χ3v) is 16.1. The SMILES string of the molecule is COc1ccc(P(CCP(CCP(c2ccc(OC)cc2)c2ccc(OC)cc2)c2ccccc2)c2ccc(OC)cc2)cc1. The van der Waals surface area contributed by atoms with Crippen molar-refractivity contribution in [2.24, 2.45) is 0 Å². The first kappa shape index (κ1) is 33.0. The lowest BCUT2D eigenvalue weighted by Gasteiger charge is -2.26. The zero-order chi connectivity index (χ0) is 31.4. The Labute approximate surface area is 272 Å². The van der Waals surface area contributed by atoms with Crippen molar-refractivity contribution >= 4 is 50.3 Å². The van der Waals surface area contributed by atoms with Gasteiger partial charge in [-0.2, -0.15) is 0 Å². The van der Waals surface area contributed by atoms with E-state index in [0.717, 1.165) is 47.6 Å². The molecular weight excluding hydrogens is 613 g/mol. The van der Waals surface area contributed by atoms with Gasteiger partial charge in [0.25, 0.3) is 0 Å². The van der Waals surface area contributed by atoms with Gasteiger partial charge in [-0.25, -0.2) is 0 Å². The molecule has 4 nitrogen and oxygen atoms in total. The Bertz CT molecular complexity index is 1380. The summed E-state index contributed by atoms with van der Waals surface area (Å²) in [6, 6.07) is 45.8. The lowest BCUT2D eigenvalue weighted by Crippen LogP contribution is -2.20. The molecular formula is C38H41O4P3. The molecule has 0 spiro atoms. The molecule has 0 aliphatic carbocycles. The first-order valence-electron chi connectivity index (χ1n) is 15.0. The summed E-state index contributed by atoms with van der Waals surface area (Å²) in [5.74, 6) is 3.56. The van der Waals surface area contributed by atoms with Gasteiger partial charge in [-0.1, -0.05) is 86.8 Å². The van der Waals surface area contributed by atoms with Gasteiger partial charge in [0.15, 0.2) is 0 Å². The Morgan fingerprint density at radius 3 is 0.889 bits per heavy atom. The van der Waals surface area contributed by atoms with Gasteiger partial charge in [-0.15, -0.1) is 0 Å². The van der Waals surface area contributed by atoms with Crippen molar-refractivity contribution < 1.29 is 18.9 Å². The van der Waals surface area contributed by atoms with Crippen molar-refractivity contribution in [2.75, 3.05) is 53.1 Å². The third kappa shape index (κ3) is 8.86. The van der Waals surface area contributed by atoms with Gasteiger partial charge in [-0.3, -0.25) is 0 Å². The summed E-state index contributed by atoms with van der Waals surface area (Å²) in [4.78, 5) is 0. The second kappa shape index (κ2) is 16.8. The number of benzene rings is 5. The predicted molar refractivity (Wildman–Crippen MR) is 197 cm³/mol. The van der Waals surface area contributed by atoms with E-state index in [1.165, 1.54) is 26.5 Å². The molecule has 0 saturated carbocycles. The average molecular weight is 655 g/mol. The number of hydrogen-bond donors (Lipinski definition) is 0. The molecule has 5 rings (SSSR count). The topological polar surface area (TPSA) is 36.9 Å². The average Bonchev–Trinajstić information content (AvgIpc) is 3.12. The summed E-state index contributed by atoms with van der Waals surface area (Å²) in [6.07, 6.45) is 4.57. The zero-order valence-electron chi connectivity index (χ0n) is 26.4. The maximum atomic E-state index is 5.48. The molecule has 0 N–H and O–H groups in total. The van der Waals surface area contributed by atoms with Crippen molar-refractivity contribution in [3.05, 3.63) is 127 Å². The molecule has 5 aromatic carbocycles. The maximum absolute atomic E-state index is 5.48. The smallest absolute Gasteiger partial charge is 0.118 e. The first-order chi connectivity index (χ1) is 22.1. The van der Waals surface area contributed by atoms with E-state index < -0.39 is 15.8 Å². The minimum absolute atomic E-state index is 0.386. The summed E-state index contributed by atoms with van der Waals surface area (Å²) < 4.78 is 21.9. The Morgan fingerprint density at radius 1 is 0.333 bits per heavy atom. The number of hydrogen-bond acceptors (Lipinski definition) is 4. The summed E-state index contributed by atoms with van der Waals surface area (Å²) in [6.45, 7) is 0. The molecule has 0 amide bonds. The molecule has 45 heavy (non-hydrogen) atoms. The van der Waals surface area contributed by atoms with Crippen LogP contribution >= 0.6 is 23.8 Å². The number of rotatable bonds is 15. The second-order valence-corrected chi connectivity index (χ2v) is 17.6. The lowest BCUT2D eigenvalue weighted by atomic mass is 10.3. The van der Waals surface area contributed by atoms with E-state index in [4.69, 9.17) is 18.9 Å². The van der Waals surface area contributed by atoms with Gasteiger partial charge < -0.3 is 18.9 Å². The van der Waals surface area contributed by atoms with E-state index in [9.17, 15) is 0 Å². The van der Waals surface area contributed by atoms with Crippen LogP contribution in [0.25, 0.3) is 0 Å². The van der Waals surface area contributed by atoms with Crippen molar-refractivity contribution in [3.63, 3.8) is 0 Å². The molecule has 0 fully saturated rings. The number of methoxy groups -OCH3 is 4. The van der Waals surface area contributed by atoms with Crippen LogP contribution in [0.5, 0.6) is 23.0 Å². The Morgan fingerprint density at radius 2 is 0.622 bits per heavy atom. The molecule has 0 radical (unpaired) electrons. The van der Waals surface area contributed by atoms with Crippen LogP contribution in [0.3, 0.4) is 0 Å². The zero-order valence-corrected chi connectivity index (χ0v) is 29.1. The predicted octanol–water partition coefficient (Wildman–Crippen LogP) is 7.09. The highest BCUT2D eigenvalue weighted by atomic mass is 31.1. The molecule has 0 aliphatic heterocycles. The summed E-state index contributed by atoms with van der Waals surface area (Å²) in [5.41, 5.74) is 0. The maximum Gasteiger partial charge on any atom is 0.118 e. The largest absolute Gasteiger partial charge is 0.497 e. The van der Waals surface area contributed by atoms with E-state index in [1.54, 1.807) is 28.4 Å². The summed E-state index contributed by atoms with van der Waals surface area (Å²) in [5, 5.41) is 6.97. The summed E-state index contributed by atoms with van der Waals surface area (Å²) in [7, 11) is 5.41. The molecule has 0 aliphatic rings. The van der Waals surface area contributed by atoms with E-state index in [0.29, 0.717) is 0 Å². The molecule has 5 aromatic rings. The van der Waals surface area contributed by atoms with Crippen LogP contribution in [0.1, 0.15) is 0 Å². The molecule has 0 atom stereocenters. The molecule has 232 valence electrons. The summed E-state index contributed by atoms with van der Waals surface area (Å²) >= 11 is 0. The molecule has 7 heteroatoms. The monoisotopic (exact) mass is 654 g/mol. The van der Waals surface area contributed by atoms with Crippen molar-refractivity contribution in [1.29, 1.82) is 0 Å². The fraction of sp³-hybridized carbons (Fsp3) is 0.211. The van der Waals surface area contributed by atoms with Crippen LogP contribution in [0.4, 0.5) is 0 Å². The van der Waals surface area contributed by atoms with Crippen molar-refractivity contribution in [3.8, 4) is 23.0 Å². The van der Waals surface area contributed by atoms with Crippen LogP contribution in [0.2, 0.25) is 0 Å². The third-order valence-electron chi connectivity index (χ3n) is 7.84. The molecule has 0 unspecified atom stereocenters. The van der Waals surface area contributed by atoms with Gasteiger partial charge in [-0.05, 0) is 116 Å². The highest BCUT2D eigenvalue weighted by molar-refractivity contribution is 7.76. The standard InChI is InChI=1S/C38H41O4P3/c1-39-30-10-18-35(19-11-30)44(36-20-12-31(40-2)13-21-36)28-26-43(34-8-6-5-7-9-34)27-29-45(37-22-14-32(41-3)15-23-37)38-24-16-33(42-4)17-25-38/h5-25H,26-29H2,1-4H3. The Kier molecular flexibility index (Phi) is 12.3. The van der Waals surface area contributed by atoms with Crippen LogP contribution in [0.15, 0.2) is 127 Å². The highest BCUT2D eigenvalue weighted by Crippen LogP contribution is 2.45. The van der Waals surface area contributed by atoms with Gasteiger partial charge in [0.2, 0.25) is 0 Å². The fourth-order valence-electron chi connectivity index (χ4n) is 5.31. The van der Waals surface area contributed by atoms with Crippen molar-refractivity contribution in [2.45, 2.75) is 0 Å². The lowest BCUT2D eigenvalue weighted by molar-refractivity contribution is 0.415. The van der Waals surface area contributed by atoms with Gasteiger partial charge in [0, 0.05) is 0 Å². The molecule has 0 saturated heterocycles. The van der Waals surface area contributed by atoms with Crippen LogP contribution in [-0.4, -0.2) is 53.1 Å². The molecule has 0 bridgehead atoms. The first-order valence-corrected chi connectivity index (χ1v) is 19.8. The van der Waals surface area contributed by atoms with E-state index in [1.807, 2.05) is 0 Å². The second-order valence-electron chi connectivity index (χ2n) is 10.4. The van der Waals surface area contributed by atoms with Gasteiger partial charge in [0.05, 0.1) is 28.4 Å². The highest BCUT2D eigenvalue weighted by Gasteiger charge is 2.21. The normalized spacial score (nSPS) is 11.2. The van der Waals surface area contributed by atoms with Gasteiger partial charge in [0.1, 0.15) is 23.0 Å². The van der Waals surface area contributed by atoms with Crippen LogP contribution in [0, 0.1) is 0 Å².